The van der Waals surface area contributed by atoms with Crippen molar-refractivity contribution in [1.82, 2.24) is 0 Å². The normalized spacial score (nSPS) is 11.3. The fourth-order valence-electron chi connectivity index (χ4n) is 1.37. The Labute approximate surface area is 90.0 Å². The molecule has 3 nitrogen and oxygen atoms in total. The van der Waals surface area contributed by atoms with Crippen LogP contribution in [0.15, 0.2) is 24.3 Å². The summed E-state index contributed by atoms with van der Waals surface area (Å²) in [4.78, 5) is 0. The summed E-state index contributed by atoms with van der Waals surface area (Å²) in [6.45, 7) is 2.01. The number of phenols is 1. The van der Waals surface area contributed by atoms with Gasteiger partial charge in [0.05, 0.1) is 19.8 Å². The van der Waals surface area contributed by atoms with Crippen LogP contribution in [-0.2, 0) is 4.74 Å². The first-order chi connectivity index (χ1) is 7.24. The molecule has 1 aromatic rings. The Bertz CT molecular complexity index is 356. The van der Waals surface area contributed by atoms with E-state index in [1.54, 1.807) is 19.2 Å². The van der Waals surface area contributed by atoms with Crippen LogP contribution in [-0.4, -0.2) is 19.3 Å². The summed E-state index contributed by atoms with van der Waals surface area (Å²) in [6, 6.07) is 5.32. The third kappa shape index (κ3) is 2.43. The van der Waals surface area contributed by atoms with Gasteiger partial charge in [-0.2, -0.15) is 0 Å². The summed E-state index contributed by atoms with van der Waals surface area (Å²) in [5.41, 5.74) is 0.652. The molecule has 0 heterocycles. The van der Waals surface area contributed by atoms with Gasteiger partial charge in [0.1, 0.15) is 5.76 Å². The highest BCUT2D eigenvalue weighted by Crippen LogP contribution is 2.34. The van der Waals surface area contributed by atoms with Gasteiger partial charge in [0, 0.05) is 0 Å². The number of ether oxygens (including phenoxy) is 2. The zero-order chi connectivity index (χ0) is 11.3. The van der Waals surface area contributed by atoms with Crippen LogP contribution in [0.4, 0.5) is 0 Å². The maximum atomic E-state index is 9.87. The summed E-state index contributed by atoms with van der Waals surface area (Å²) in [6.07, 6.45) is 2.76. The van der Waals surface area contributed by atoms with Crippen molar-refractivity contribution in [3.8, 4) is 11.5 Å². The Balaban J connectivity index is 3.18. The molecule has 82 valence electrons. The molecule has 0 aliphatic carbocycles. The van der Waals surface area contributed by atoms with E-state index in [0.29, 0.717) is 17.1 Å². The van der Waals surface area contributed by atoms with E-state index in [4.69, 9.17) is 9.47 Å². The van der Waals surface area contributed by atoms with Crippen LogP contribution >= 0.6 is 0 Å². The number of rotatable bonds is 4. The molecule has 0 unspecified atom stereocenters. The molecule has 0 saturated heterocycles. The molecule has 0 spiro atoms. The van der Waals surface area contributed by atoms with E-state index in [2.05, 4.69) is 0 Å². The van der Waals surface area contributed by atoms with Crippen LogP contribution in [0.25, 0.3) is 5.76 Å². The van der Waals surface area contributed by atoms with Gasteiger partial charge in [-0.3, -0.25) is 0 Å². The summed E-state index contributed by atoms with van der Waals surface area (Å²) in [7, 11) is 3.11. The summed E-state index contributed by atoms with van der Waals surface area (Å²) < 4.78 is 10.2. The molecule has 0 saturated carbocycles. The Morgan fingerprint density at radius 3 is 2.67 bits per heavy atom. The predicted molar refractivity (Wildman–Crippen MR) is 59.9 cm³/mol. The number of phenolic OH excluding ortho intramolecular Hbond substituents is 1. The van der Waals surface area contributed by atoms with Gasteiger partial charge in [-0.1, -0.05) is 13.0 Å². The second-order valence-electron chi connectivity index (χ2n) is 3.04. The Kier molecular flexibility index (Phi) is 4.03. The Morgan fingerprint density at radius 1 is 1.40 bits per heavy atom. The molecular formula is C12H16O3. The highest BCUT2D eigenvalue weighted by molar-refractivity contribution is 5.68. The maximum Gasteiger partial charge on any atom is 0.168 e. The summed E-state index contributed by atoms with van der Waals surface area (Å²) in [5, 5.41) is 9.87. The summed E-state index contributed by atoms with van der Waals surface area (Å²) in [5.74, 6) is 1.22. The molecule has 0 aliphatic rings. The summed E-state index contributed by atoms with van der Waals surface area (Å²) >= 11 is 0. The number of hydrogen-bond donors (Lipinski definition) is 1. The minimum absolute atomic E-state index is 0.113. The molecule has 15 heavy (non-hydrogen) atoms. The fraction of sp³-hybridized carbons (Fsp3) is 0.333. The molecule has 0 fully saturated rings. The van der Waals surface area contributed by atoms with E-state index < -0.39 is 0 Å². The van der Waals surface area contributed by atoms with Crippen LogP contribution < -0.4 is 4.74 Å². The predicted octanol–water partition coefficient (Wildman–Crippen LogP) is 2.80. The number of aromatic hydroxyl groups is 1. The maximum absolute atomic E-state index is 9.87. The lowest BCUT2D eigenvalue weighted by Gasteiger charge is -2.10. The van der Waals surface area contributed by atoms with E-state index in [1.807, 2.05) is 19.1 Å². The van der Waals surface area contributed by atoms with Gasteiger partial charge in [-0.25, -0.2) is 0 Å². The SMILES string of the molecule is CC/C=C(/OC)c1cccc(OC)c1O. The average Bonchev–Trinajstić information content (AvgIpc) is 2.27. The van der Waals surface area contributed by atoms with Crippen LogP contribution in [0.2, 0.25) is 0 Å². The van der Waals surface area contributed by atoms with E-state index >= 15 is 0 Å². The topological polar surface area (TPSA) is 38.7 Å². The third-order valence-electron chi connectivity index (χ3n) is 2.09. The fourth-order valence-corrected chi connectivity index (χ4v) is 1.37. The van der Waals surface area contributed by atoms with E-state index in [0.717, 1.165) is 6.42 Å². The van der Waals surface area contributed by atoms with Crippen molar-refractivity contribution in [3.63, 3.8) is 0 Å². The molecule has 0 radical (unpaired) electrons. The second-order valence-corrected chi connectivity index (χ2v) is 3.04. The van der Waals surface area contributed by atoms with Crippen LogP contribution in [0.1, 0.15) is 18.9 Å². The molecule has 0 bridgehead atoms. The van der Waals surface area contributed by atoms with Crippen LogP contribution in [0.3, 0.4) is 0 Å². The van der Waals surface area contributed by atoms with Crippen molar-refractivity contribution >= 4 is 5.76 Å². The van der Waals surface area contributed by atoms with Crippen molar-refractivity contribution in [3.05, 3.63) is 29.8 Å². The van der Waals surface area contributed by atoms with Gasteiger partial charge in [0.15, 0.2) is 11.5 Å². The van der Waals surface area contributed by atoms with Crippen molar-refractivity contribution in [2.75, 3.05) is 14.2 Å². The highest BCUT2D eigenvalue weighted by atomic mass is 16.5. The van der Waals surface area contributed by atoms with Crippen molar-refractivity contribution < 1.29 is 14.6 Å². The number of para-hydroxylation sites is 1. The van der Waals surface area contributed by atoms with Crippen LogP contribution in [0.5, 0.6) is 11.5 Å². The quantitative estimate of drug-likeness (QED) is 0.773. The minimum Gasteiger partial charge on any atom is -0.504 e. The molecule has 0 atom stereocenters. The van der Waals surface area contributed by atoms with Crippen molar-refractivity contribution in [2.45, 2.75) is 13.3 Å². The largest absolute Gasteiger partial charge is 0.504 e. The van der Waals surface area contributed by atoms with Gasteiger partial charge in [-0.05, 0) is 24.6 Å². The van der Waals surface area contributed by atoms with Crippen molar-refractivity contribution in [2.24, 2.45) is 0 Å². The Morgan fingerprint density at radius 2 is 2.13 bits per heavy atom. The monoisotopic (exact) mass is 208 g/mol. The molecule has 1 aromatic carbocycles. The lowest BCUT2D eigenvalue weighted by molar-refractivity contribution is 0.353. The zero-order valence-electron chi connectivity index (χ0n) is 9.28. The molecule has 0 amide bonds. The van der Waals surface area contributed by atoms with Gasteiger partial charge in [0.25, 0.3) is 0 Å². The third-order valence-corrected chi connectivity index (χ3v) is 2.09. The van der Waals surface area contributed by atoms with Crippen molar-refractivity contribution in [1.29, 1.82) is 0 Å². The average molecular weight is 208 g/mol. The first-order valence-corrected chi connectivity index (χ1v) is 4.85. The molecule has 0 aliphatic heterocycles. The van der Waals surface area contributed by atoms with E-state index in [9.17, 15) is 5.11 Å². The smallest absolute Gasteiger partial charge is 0.168 e. The number of hydrogen-bond acceptors (Lipinski definition) is 3. The lowest BCUT2D eigenvalue weighted by atomic mass is 10.1. The van der Waals surface area contributed by atoms with Gasteiger partial charge in [0.2, 0.25) is 0 Å². The molecule has 1 rings (SSSR count). The molecule has 3 heteroatoms. The standard InChI is InChI=1S/C12H16O3/c1-4-6-10(14-2)9-7-5-8-11(15-3)12(9)13/h5-8,13H,4H2,1-3H3/b10-6+. The first-order valence-electron chi connectivity index (χ1n) is 4.85. The van der Waals surface area contributed by atoms with Gasteiger partial charge in [-0.15, -0.1) is 0 Å². The first kappa shape index (κ1) is 11.4. The van der Waals surface area contributed by atoms with Gasteiger partial charge >= 0.3 is 0 Å². The number of allylic oxidation sites excluding steroid dienone is 1. The number of benzene rings is 1. The number of methoxy groups -OCH3 is 2. The van der Waals surface area contributed by atoms with E-state index in [1.165, 1.54) is 7.11 Å². The molecular weight excluding hydrogens is 192 g/mol. The van der Waals surface area contributed by atoms with E-state index in [-0.39, 0.29) is 5.75 Å². The van der Waals surface area contributed by atoms with Crippen LogP contribution in [0, 0.1) is 0 Å². The second kappa shape index (κ2) is 5.29. The zero-order valence-corrected chi connectivity index (χ0v) is 9.28. The highest BCUT2D eigenvalue weighted by Gasteiger charge is 2.11. The minimum atomic E-state index is 0.113. The molecule has 1 N–H and O–H groups in total. The lowest BCUT2D eigenvalue weighted by Crippen LogP contribution is -1.91. The molecule has 0 aromatic heterocycles. The Hall–Kier alpha value is -1.64. The van der Waals surface area contributed by atoms with Gasteiger partial charge < -0.3 is 14.6 Å².